The molecule has 0 unspecified atom stereocenters. The maximum Gasteiger partial charge on any atom is 0.0120 e. The predicted molar refractivity (Wildman–Crippen MR) is 41.7 cm³/mol. The van der Waals surface area contributed by atoms with E-state index in [9.17, 15) is 0 Å². The summed E-state index contributed by atoms with van der Waals surface area (Å²) in [6.45, 7) is 5.96. The first kappa shape index (κ1) is 6.62. The summed E-state index contributed by atoms with van der Waals surface area (Å²) in [5.41, 5.74) is 5.92. The topological polar surface area (TPSA) is 29.3 Å². The average molecular weight is 140 g/mol. The summed E-state index contributed by atoms with van der Waals surface area (Å²) < 4.78 is 0. The molecule has 0 spiro atoms. The van der Waals surface area contributed by atoms with Gasteiger partial charge in [-0.2, -0.15) is 0 Å². The van der Waals surface area contributed by atoms with Gasteiger partial charge in [-0.05, 0) is 24.8 Å². The third kappa shape index (κ3) is 0.789. The lowest BCUT2D eigenvalue weighted by Gasteiger charge is -2.52. The predicted octanol–water partition coefficient (Wildman–Crippen LogP) is 0.285. The Morgan fingerprint density at radius 3 is 2.40 bits per heavy atom. The molecule has 2 N–H and O–H groups in total. The molecule has 2 nitrogen and oxygen atoms in total. The van der Waals surface area contributed by atoms with Crippen molar-refractivity contribution in [2.45, 2.75) is 19.4 Å². The van der Waals surface area contributed by atoms with E-state index < -0.39 is 0 Å². The lowest BCUT2D eigenvalue weighted by atomic mass is 9.67. The molecule has 0 aromatic carbocycles. The van der Waals surface area contributed by atoms with Gasteiger partial charge in [0.2, 0.25) is 0 Å². The first-order chi connectivity index (χ1) is 4.81. The van der Waals surface area contributed by atoms with Crippen LogP contribution in [0.3, 0.4) is 0 Å². The van der Waals surface area contributed by atoms with E-state index in [1.54, 1.807) is 0 Å². The minimum Gasteiger partial charge on any atom is -0.327 e. The zero-order valence-electron chi connectivity index (χ0n) is 6.59. The highest BCUT2D eigenvalue weighted by molar-refractivity contribution is 4.99. The van der Waals surface area contributed by atoms with Crippen molar-refractivity contribution in [2.75, 3.05) is 19.6 Å². The van der Waals surface area contributed by atoms with E-state index in [2.05, 4.69) is 11.8 Å². The number of nitrogens with zero attached hydrogens (tertiary/aromatic N) is 1. The fourth-order valence-corrected chi connectivity index (χ4v) is 2.28. The third-order valence-electron chi connectivity index (χ3n) is 3.13. The second kappa shape index (κ2) is 2.21. The van der Waals surface area contributed by atoms with Crippen molar-refractivity contribution in [2.24, 2.45) is 17.6 Å². The van der Waals surface area contributed by atoms with Crippen LogP contribution in [0.4, 0.5) is 0 Å². The van der Waals surface area contributed by atoms with E-state index >= 15 is 0 Å². The van der Waals surface area contributed by atoms with Crippen molar-refractivity contribution in [3.63, 3.8) is 0 Å². The standard InChI is InChI=1S/C8H16N2/c1-2-10-4-6-3-7(5-10)8(6)9/h6-8H,2-5,9H2,1H3/t6-,7-/m1/s1. The van der Waals surface area contributed by atoms with Gasteiger partial charge < -0.3 is 10.6 Å². The Kier molecular flexibility index (Phi) is 1.46. The number of piperidine rings is 2. The van der Waals surface area contributed by atoms with Crippen LogP contribution in [-0.4, -0.2) is 30.6 Å². The normalized spacial score (nSPS) is 46.8. The number of hydrogen-bond donors (Lipinski definition) is 1. The monoisotopic (exact) mass is 140 g/mol. The number of fused-ring (bicyclic) bond motifs is 2. The van der Waals surface area contributed by atoms with Gasteiger partial charge in [-0.1, -0.05) is 6.92 Å². The molecule has 2 atom stereocenters. The van der Waals surface area contributed by atoms with Crippen LogP contribution in [0.15, 0.2) is 0 Å². The Morgan fingerprint density at radius 1 is 1.40 bits per heavy atom. The Hall–Kier alpha value is -0.0800. The quantitative estimate of drug-likeness (QED) is 0.567. The van der Waals surface area contributed by atoms with Crippen LogP contribution in [0.1, 0.15) is 13.3 Å². The molecule has 2 heterocycles. The summed E-state index contributed by atoms with van der Waals surface area (Å²) in [7, 11) is 0. The van der Waals surface area contributed by atoms with Crippen LogP contribution in [0.2, 0.25) is 0 Å². The summed E-state index contributed by atoms with van der Waals surface area (Å²) in [5.74, 6) is 1.66. The molecule has 10 heavy (non-hydrogen) atoms. The maximum absolute atomic E-state index is 5.92. The molecule has 0 aromatic heterocycles. The van der Waals surface area contributed by atoms with E-state index in [0.29, 0.717) is 6.04 Å². The van der Waals surface area contributed by atoms with Crippen LogP contribution >= 0.6 is 0 Å². The van der Waals surface area contributed by atoms with E-state index in [4.69, 9.17) is 5.73 Å². The van der Waals surface area contributed by atoms with Crippen LogP contribution in [0.25, 0.3) is 0 Å². The molecule has 3 rings (SSSR count). The lowest BCUT2D eigenvalue weighted by molar-refractivity contribution is 0.00579. The zero-order valence-corrected chi connectivity index (χ0v) is 6.59. The molecule has 0 aromatic rings. The molecule has 58 valence electrons. The fourth-order valence-electron chi connectivity index (χ4n) is 2.28. The number of nitrogens with two attached hydrogens (primary N) is 1. The van der Waals surface area contributed by atoms with Gasteiger partial charge in [0, 0.05) is 19.1 Å². The van der Waals surface area contributed by atoms with Crippen molar-refractivity contribution in [3.8, 4) is 0 Å². The van der Waals surface area contributed by atoms with Crippen LogP contribution < -0.4 is 5.73 Å². The van der Waals surface area contributed by atoms with Gasteiger partial charge >= 0.3 is 0 Å². The second-order valence-corrected chi connectivity index (χ2v) is 3.69. The fraction of sp³-hybridized carbons (Fsp3) is 1.00. The van der Waals surface area contributed by atoms with E-state index in [1.807, 2.05) is 0 Å². The van der Waals surface area contributed by atoms with E-state index in [-0.39, 0.29) is 0 Å². The molecule has 0 amide bonds. The van der Waals surface area contributed by atoms with Crippen LogP contribution in [0.5, 0.6) is 0 Å². The first-order valence-electron chi connectivity index (χ1n) is 4.29. The Balaban J connectivity index is 1.93. The molecule has 1 saturated carbocycles. The van der Waals surface area contributed by atoms with Crippen molar-refractivity contribution in [3.05, 3.63) is 0 Å². The summed E-state index contributed by atoms with van der Waals surface area (Å²) in [6.07, 6.45) is 1.40. The minimum atomic E-state index is 0.544. The smallest absolute Gasteiger partial charge is 0.0120 e. The van der Waals surface area contributed by atoms with E-state index in [1.165, 1.54) is 26.1 Å². The Labute approximate surface area is 62.4 Å². The molecule has 2 aliphatic heterocycles. The van der Waals surface area contributed by atoms with Gasteiger partial charge in [-0.25, -0.2) is 0 Å². The summed E-state index contributed by atoms with van der Waals surface area (Å²) in [5, 5.41) is 0. The third-order valence-corrected chi connectivity index (χ3v) is 3.13. The molecular weight excluding hydrogens is 124 g/mol. The van der Waals surface area contributed by atoms with Gasteiger partial charge in [0.1, 0.15) is 0 Å². The van der Waals surface area contributed by atoms with Crippen molar-refractivity contribution in [1.82, 2.24) is 4.90 Å². The lowest BCUT2D eigenvalue weighted by Crippen LogP contribution is -2.61. The summed E-state index contributed by atoms with van der Waals surface area (Å²) in [4.78, 5) is 2.52. The van der Waals surface area contributed by atoms with Crippen molar-refractivity contribution >= 4 is 0 Å². The molecule has 1 aliphatic carbocycles. The Bertz CT molecular complexity index is 123. The molecular formula is C8H16N2. The number of rotatable bonds is 1. The molecule has 3 aliphatic rings. The zero-order chi connectivity index (χ0) is 7.14. The van der Waals surface area contributed by atoms with Gasteiger partial charge in [0.15, 0.2) is 0 Å². The van der Waals surface area contributed by atoms with Gasteiger partial charge in [0.25, 0.3) is 0 Å². The molecule has 0 radical (unpaired) electrons. The van der Waals surface area contributed by atoms with Crippen LogP contribution in [0, 0.1) is 11.8 Å². The van der Waals surface area contributed by atoms with Crippen LogP contribution in [-0.2, 0) is 0 Å². The average Bonchev–Trinajstić information content (AvgIpc) is 2.04. The molecule has 3 fully saturated rings. The largest absolute Gasteiger partial charge is 0.327 e. The highest BCUT2D eigenvalue weighted by Crippen LogP contribution is 2.38. The second-order valence-electron chi connectivity index (χ2n) is 3.69. The van der Waals surface area contributed by atoms with Crippen molar-refractivity contribution < 1.29 is 0 Å². The first-order valence-corrected chi connectivity index (χ1v) is 4.29. The minimum absolute atomic E-state index is 0.544. The SMILES string of the molecule is CCN1C[C@H]2C[C@H](C1)C2N. The molecule has 2 saturated heterocycles. The van der Waals surface area contributed by atoms with Gasteiger partial charge in [0.05, 0.1) is 0 Å². The molecule has 2 bridgehead atoms. The summed E-state index contributed by atoms with van der Waals surface area (Å²) >= 11 is 0. The van der Waals surface area contributed by atoms with Gasteiger partial charge in [-0.15, -0.1) is 0 Å². The summed E-state index contributed by atoms with van der Waals surface area (Å²) in [6, 6.07) is 0.544. The molecule has 2 heteroatoms. The Morgan fingerprint density at radius 2 is 2.00 bits per heavy atom. The van der Waals surface area contributed by atoms with Crippen molar-refractivity contribution in [1.29, 1.82) is 0 Å². The maximum atomic E-state index is 5.92. The highest BCUT2D eigenvalue weighted by Gasteiger charge is 2.43. The highest BCUT2D eigenvalue weighted by atomic mass is 15.2. The van der Waals surface area contributed by atoms with E-state index in [0.717, 1.165) is 11.8 Å². The van der Waals surface area contributed by atoms with Gasteiger partial charge in [-0.3, -0.25) is 0 Å². The number of hydrogen-bond acceptors (Lipinski definition) is 2.